The van der Waals surface area contributed by atoms with Gasteiger partial charge in [0.15, 0.2) is 5.65 Å². The van der Waals surface area contributed by atoms with Crippen molar-refractivity contribution < 1.29 is 4.79 Å². The third-order valence-corrected chi connectivity index (χ3v) is 6.03. The van der Waals surface area contributed by atoms with Gasteiger partial charge in [-0.05, 0) is 67.6 Å². The molecule has 0 spiro atoms. The second kappa shape index (κ2) is 7.58. The lowest BCUT2D eigenvalue weighted by atomic mass is 9.87. The number of hydrogen-bond donors (Lipinski definition) is 1. The smallest absolute Gasteiger partial charge is 0.251 e. The van der Waals surface area contributed by atoms with Crippen molar-refractivity contribution in [3.8, 4) is 5.69 Å². The van der Waals surface area contributed by atoms with Crippen LogP contribution in [0.3, 0.4) is 0 Å². The van der Waals surface area contributed by atoms with Gasteiger partial charge >= 0.3 is 0 Å². The van der Waals surface area contributed by atoms with Gasteiger partial charge in [0, 0.05) is 11.8 Å². The molecule has 0 aliphatic heterocycles. The van der Waals surface area contributed by atoms with E-state index in [-0.39, 0.29) is 11.9 Å². The molecule has 1 aliphatic rings. The summed E-state index contributed by atoms with van der Waals surface area (Å²) in [6.45, 7) is 1.91. The summed E-state index contributed by atoms with van der Waals surface area (Å²) >= 11 is 6.52. The van der Waals surface area contributed by atoms with Crippen molar-refractivity contribution >= 4 is 28.7 Å². The van der Waals surface area contributed by atoms with E-state index in [1.165, 1.54) is 11.1 Å². The average Bonchev–Trinajstić information content (AvgIpc) is 3.10. The minimum absolute atomic E-state index is 0.0269. The first kappa shape index (κ1) is 18.8. The van der Waals surface area contributed by atoms with Crippen LogP contribution in [-0.4, -0.2) is 20.4 Å². The number of hydrogen-bond acceptors (Lipinski definition) is 3. The topological polar surface area (TPSA) is 59.8 Å². The fraction of sp³-hybridized carbons (Fsp3) is 0.208. The molecule has 6 heteroatoms. The molecular formula is C24H21ClN4O. The summed E-state index contributed by atoms with van der Waals surface area (Å²) in [4.78, 5) is 22.1. The number of carbonyl (C=O) groups excluding carboxylic acids is 1. The average molecular weight is 417 g/mol. The van der Waals surface area contributed by atoms with E-state index in [1.54, 1.807) is 18.3 Å². The zero-order valence-corrected chi connectivity index (χ0v) is 17.4. The summed E-state index contributed by atoms with van der Waals surface area (Å²) < 4.78 is 1.89. The molecule has 2 aromatic heterocycles. The van der Waals surface area contributed by atoms with E-state index in [9.17, 15) is 4.79 Å². The lowest BCUT2D eigenvalue weighted by molar-refractivity contribution is 0.0932. The molecule has 0 saturated heterocycles. The Morgan fingerprint density at radius 2 is 2.03 bits per heavy atom. The van der Waals surface area contributed by atoms with Crippen LogP contribution in [0.4, 0.5) is 0 Å². The number of imidazole rings is 1. The molecule has 4 aromatic rings. The van der Waals surface area contributed by atoms with Crippen LogP contribution >= 0.6 is 11.6 Å². The summed E-state index contributed by atoms with van der Waals surface area (Å²) in [6.07, 6.45) is 4.80. The van der Waals surface area contributed by atoms with E-state index in [4.69, 9.17) is 11.6 Å². The maximum absolute atomic E-state index is 13.1. The van der Waals surface area contributed by atoms with Crippen molar-refractivity contribution in [3.05, 3.63) is 88.3 Å². The molecular weight excluding hydrogens is 396 g/mol. The molecule has 150 valence electrons. The molecule has 0 fully saturated rings. The number of nitrogens with one attached hydrogen (secondary N) is 1. The maximum atomic E-state index is 13.1. The van der Waals surface area contributed by atoms with Gasteiger partial charge in [0.05, 0.1) is 16.8 Å². The van der Waals surface area contributed by atoms with Crippen LogP contribution in [0.5, 0.6) is 0 Å². The molecule has 1 N–H and O–H groups in total. The number of nitrogens with zero attached hydrogens (tertiary/aromatic N) is 3. The van der Waals surface area contributed by atoms with Crippen LogP contribution < -0.4 is 5.32 Å². The number of benzene rings is 2. The van der Waals surface area contributed by atoms with E-state index in [0.717, 1.165) is 36.3 Å². The molecule has 1 aliphatic carbocycles. The Kier molecular flexibility index (Phi) is 4.75. The zero-order valence-electron chi connectivity index (χ0n) is 16.6. The van der Waals surface area contributed by atoms with Gasteiger partial charge in [-0.3, -0.25) is 9.36 Å². The fourth-order valence-corrected chi connectivity index (χ4v) is 4.49. The van der Waals surface area contributed by atoms with Crippen molar-refractivity contribution in [2.45, 2.75) is 32.2 Å². The second-order valence-corrected chi connectivity index (χ2v) is 8.03. The van der Waals surface area contributed by atoms with Gasteiger partial charge < -0.3 is 5.32 Å². The summed E-state index contributed by atoms with van der Waals surface area (Å²) in [6, 6.07) is 17.5. The largest absolute Gasteiger partial charge is 0.345 e. The summed E-state index contributed by atoms with van der Waals surface area (Å²) in [5.41, 5.74) is 5.31. The van der Waals surface area contributed by atoms with Gasteiger partial charge in [-0.2, -0.15) is 0 Å². The molecule has 5 nitrogen and oxygen atoms in total. The highest BCUT2D eigenvalue weighted by Gasteiger charge is 2.23. The van der Waals surface area contributed by atoms with Crippen LogP contribution in [0, 0.1) is 6.92 Å². The van der Waals surface area contributed by atoms with Gasteiger partial charge in [0.2, 0.25) is 0 Å². The summed E-state index contributed by atoms with van der Waals surface area (Å²) in [5, 5.41) is 3.76. The summed E-state index contributed by atoms with van der Waals surface area (Å²) in [7, 11) is 0. The Balaban J connectivity index is 1.50. The highest BCUT2D eigenvalue weighted by molar-refractivity contribution is 6.32. The molecule has 0 radical (unpaired) electrons. The SMILES string of the molecule is Cc1nc2cccnc2n1-c1cc(C(=O)N[C@H]2CCCc3ccccc32)ccc1Cl. The van der Waals surface area contributed by atoms with Crippen molar-refractivity contribution in [1.29, 1.82) is 0 Å². The molecule has 5 rings (SSSR count). The lowest BCUT2D eigenvalue weighted by Crippen LogP contribution is -2.31. The highest BCUT2D eigenvalue weighted by Crippen LogP contribution is 2.31. The zero-order chi connectivity index (χ0) is 20.7. The van der Waals surface area contributed by atoms with Crippen molar-refractivity contribution in [2.75, 3.05) is 0 Å². The lowest BCUT2D eigenvalue weighted by Gasteiger charge is -2.26. The van der Waals surface area contributed by atoms with Crippen molar-refractivity contribution in [1.82, 2.24) is 19.9 Å². The first-order valence-corrected chi connectivity index (χ1v) is 10.5. The second-order valence-electron chi connectivity index (χ2n) is 7.62. The van der Waals surface area contributed by atoms with Crippen molar-refractivity contribution in [2.24, 2.45) is 0 Å². The van der Waals surface area contributed by atoms with Crippen LogP contribution in [-0.2, 0) is 6.42 Å². The minimum atomic E-state index is -0.107. The Hall–Kier alpha value is -3.18. The highest BCUT2D eigenvalue weighted by atomic mass is 35.5. The molecule has 0 saturated carbocycles. The van der Waals surface area contributed by atoms with Gasteiger partial charge in [0.1, 0.15) is 11.3 Å². The van der Waals surface area contributed by atoms with Crippen LogP contribution in [0.25, 0.3) is 16.9 Å². The number of fused-ring (bicyclic) bond motifs is 2. The first-order valence-electron chi connectivity index (χ1n) is 10.1. The predicted molar refractivity (Wildman–Crippen MR) is 118 cm³/mol. The Morgan fingerprint density at radius 3 is 2.93 bits per heavy atom. The quantitative estimate of drug-likeness (QED) is 0.500. The third-order valence-electron chi connectivity index (χ3n) is 5.71. The Labute approximate surface area is 179 Å². The summed E-state index contributed by atoms with van der Waals surface area (Å²) in [5.74, 6) is 0.661. The molecule has 1 amide bonds. The van der Waals surface area contributed by atoms with Gasteiger partial charge in [-0.15, -0.1) is 0 Å². The molecule has 30 heavy (non-hydrogen) atoms. The van der Waals surface area contributed by atoms with E-state index < -0.39 is 0 Å². The van der Waals surface area contributed by atoms with E-state index >= 15 is 0 Å². The van der Waals surface area contributed by atoms with E-state index in [2.05, 4.69) is 33.5 Å². The number of amides is 1. The number of aromatic nitrogens is 3. The maximum Gasteiger partial charge on any atom is 0.251 e. The van der Waals surface area contributed by atoms with Gasteiger partial charge in [-0.1, -0.05) is 35.9 Å². The van der Waals surface area contributed by atoms with E-state index in [1.807, 2.05) is 35.8 Å². The number of carbonyl (C=O) groups is 1. The molecule has 2 aromatic carbocycles. The number of halogens is 1. The standard InChI is InChI=1S/C24H21ClN4O/c1-15-27-21-10-5-13-26-23(21)29(15)22-14-17(11-12-19(22)25)24(30)28-20-9-4-7-16-6-2-3-8-18(16)20/h2-3,5-6,8,10-14,20H,4,7,9H2,1H3,(H,28,30)/t20-/m0/s1. The van der Waals surface area contributed by atoms with Crippen LogP contribution in [0.2, 0.25) is 5.02 Å². The monoisotopic (exact) mass is 416 g/mol. The predicted octanol–water partition coefficient (Wildman–Crippen LogP) is 5.19. The van der Waals surface area contributed by atoms with Crippen molar-refractivity contribution in [3.63, 3.8) is 0 Å². The number of pyridine rings is 1. The van der Waals surface area contributed by atoms with Gasteiger partial charge in [-0.25, -0.2) is 9.97 Å². The van der Waals surface area contributed by atoms with Gasteiger partial charge in [0.25, 0.3) is 5.91 Å². The number of rotatable bonds is 3. The number of aryl methyl sites for hydroxylation is 2. The molecule has 1 atom stereocenters. The first-order chi connectivity index (χ1) is 14.6. The Morgan fingerprint density at radius 1 is 1.17 bits per heavy atom. The molecule has 0 bridgehead atoms. The molecule has 2 heterocycles. The third kappa shape index (κ3) is 3.25. The minimum Gasteiger partial charge on any atom is -0.345 e. The Bertz CT molecular complexity index is 1260. The fourth-order valence-electron chi connectivity index (χ4n) is 4.28. The van der Waals surface area contributed by atoms with Crippen LogP contribution in [0.1, 0.15) is 46.2 Å². The normalized spacial score (nSPS) is 15.7. The van der Waals surface area contributed by atoms with E-state index in [0.29, 0.717) is 16.3 Å². The molecule has 0 unspecified atom stereocenters. The van der Waals surface area contributed by atoms with Crippen LogP contribution in [0.15, 0.2) is 60.8 Å².